The minimum atomic E-state index is -3.54. The van der Waals surface area contributed by atoms with Crippen LogP contribution in [-0.2, 0) is 5.92 Å². The van der Waals surface area contributed by atoms with Gasteiger partial charge in [0.15, 0.2) is 11.5 Å². The maximum atomic E-state index is 15.5. The summed E-state index contributed by atoms with van der Waals surface area (Å²) in [5, 5.41) is 7.77. The first kappa shape index (κ1) is 19.4. The number of aromatic nitrogens is 5. The van der Waals surface area contributed by atoms with Crippen LogP contribution in [0.3, 0.4) is 0 Å². The molecular weight excluding hydrogens is 427 g/mol. The summed E-state index contributed by atoms with van der Waals surface area (Å²) in [5.74, 6) is -4.51. The van der Waals surface area contributed by atoms with Crippen molar-refractivity contribution >= 4 is 28.1 Å². The van der Waals surface area contributed by atoms with Crippen molar-refractivity contribution in [1.82, 2.24) is 24.0 Å². The third kappa shape index (κ3) is 3.19. The van der Waals surface area contributed by atoms with Crippen molar-refractivity contribution in [2.75, 3.05) is 7.11 Å². The minimum absolute atomic E-state index is 0.274. The monoisotopic (exact) mass is 441 g/mol. The molecule has 0 spiro atoms. The Labute approximate surface area is 178 Å². The molecule has 5 rings (SSSR count). The number of pyridine rings is 2. The summed E-state index contributed by atoms with van der Waals surface area (Å²) in [6.45, 7) is 1.80. The second-order valence-electron chi connectivity index (χ2n) is 6.98. The number of ether oxygens (including phenoxy) is 1. The lowest BCUT2D eigenvalue weighted by molar-refractivity contribution is 0.0319. The van der Waals surface area contributed by atoms with Gasteiger partial charge >= 0.3 is 5.92 Å². The normalized spacial score (nSPS) is 12.0. The molecule has 0 fully saturated rings. The van der Waals surface area contributed by atoms with Gasteiger partial charge in [-0.25, -0.2) is 4.39 Å². The van der Waals surface area contributed by atoms with Crippen LogP contribution in [0.5, 0.6) is 5.75 Å². The van der Waals surface area contributed by atoms with E-state index in [4.69, 9.17) is 4.74 Å². The van der Waals surface area contributed by atoms with Crippen LogP contribution >= 0.6 is 11.5 Å². The Bertz CT molecular complexity index is 1450. The van der Waals surface area contributed by atoms with Gasteiger partial charge < -0.3 is 4.74 Å². The van der Waals surface area contributed by atoms with Crippen molar-refractivity contribution in [1.29, 1.82) is 0 Å². The highest BCUT2D eigenvalue weighted by molar-refractivity contribution is 7.09. The molecule has 0 radical (unpaired) electrons. The zero-order chi connectivity index (χ0) is 21.8. The van der Waals surface area contributed by atoms with Crippen molar-refractivity contribution < 1.29 is 17.9 Å². The van der Waals surface area contributed by atoms with E-state index in [2.05, 4.69) is 19.6 Å². The lowest BCUT2D eigenvalue weighted by atomic mass is 10.0. The van der Waals surface area contributed by atoms with Gasteiger partial charge in [0.25, 0.3) is 0 Å². The largest absolute Gasteiger partial charge is 0.495 e. The van der Waals surface area contributed by atoms with Gasteiger partial charge in [-0.2, -0.15) is 13.2 Å². The zero-order valence-corrected chi connectivity index (χ0v) is 17.1. The molecule has 4 aromatic heterocycles. The van der Waals surface area contributed by atoms with Crippen molar-refractivity contribution in [3.05, 3.63) is 71.7 Å². The topological polar surface area (TPSA) is 65.2 Å². The van der Waals surface area contributed by atoms with Crippen LogP contribution in [0.2, 0.25) is 0 Å². The van der Waals surface area contributed by atoms with Crippen molar-refractivity contribution in [2.45, 2.75) is 12.8 Å². The fraction of sp³-hybridized carbons (Fsp3) is 0.143. The molecule has 156 valence electrons. The van der Waals surface area contributed by atoms with E-state index in [9.17, 15) is 4.39 Å². The predicted molar refractivity (Wildman–Crippen MR) is 110 cm³/mol. The molecule has 0 atom stereocenters. The van der Waals surface area contributed by atoms with Crippen LogP contribution < -0.4 is 4.74 Å². The SMILES string of the molecule is COc1cnc2ccc(C(F)(F)c3nnc4c(F)cc(-c5cc(C)ns5)cn34)cc2c1. The number of alkyl halides is 2. The van der Waals surface area contributed by atoms with Gasteiger partial charge in [-0.3, -0.25) is 9.38 Å². The van der Waals surface area contributed by atoms with E-state index in [-0.39, 0.29) is 11.2 Å². The van der Waals surface area contributed by atoms with E-state index >= 15 is 8.78 Å². The summed E-state index contributed by atoms with van der Waals surface area (Å²) in [6, 6.07) is 8.71. The van der Waals surface area contributed by atoms with E-state index in [1.165, 1.54) is 43.8 Å². The minimum Gasteiger partial charge on any atom is -0.495 e. The molecule has 1 aromatic carbocycles. The Kier molecular flexibility index (Phi) is 4.40. The summed E-state index contributed by atoms with van der Waals surface area (Å²) in [5.41, 5.74) is 1.13. The molecule has 0 amide bonds. The fourth-order valence-corrected chi connectivity index (χ4v) is 4.09. The lowest BCUT2D eigenvalue weighted by Gasteiger charge is -2.16. The van der Waals surface area contributed by atoms with E-state index in [0.29, 0.717) is 27.1 Å². The third-order valence-corrected chi connectivity index (χ3v) is 5.84. The van der Waals surface area contributed by atoms with E-state index < -0.39 is 17.6 Å². The molecule has 6 nitrogen and oxygen atoms in total. The molecule has 0 aliphatic rings. The Morgan fingerprint density at radius 2 is 1.94 bits per heavy atom. The van der Waals surface area contributed by atoms with Crippen LogP contribution in [0.25, 0.3) is 27.0 Å². The number of nitrogens with zero attached hydrogens (tertiary/aromatic N) is 5. The summed E-state index contributed by atoms with van der Waals surface area (Å²) < 4.78 is 56.0. The quantitative estimate of drug-likeness (QED) is 0.393. The number of hydrogen-bond acceptors (Lipinski definition) is 6. The molecule has 0 saturated heterocycles. The maximum absolute atomic E-state index is 15.5. The molecule has 0 N–H and O–H groups in total. The van der Waals surface area contributed by atoms with Gasteiger partial charge in [-0.1, -0.05) is 6.07 Å². The molecule has 0 bridgehead atoms. The van der Waals surface area contributed by atoms with Crippen LogP contribution in [0.1, 0.15) is 17.1 Å². The number of halogens is 3. The first-order valence-electron chi connectivity index (χ1n) is 9.17. The molecule has 5 aromatic rings. The molecule has 0 aliphatic carbocycles. The number of hydrogen-bond donors (Lipinski definition) is 0. The highest BCUT2D eigenvalue weighted by Gasteiger charge is 2.40. The smallest absolute Gasteiger partial charge is 0.332 e. The Balaban J connectivity index is 1.67. The highest BCUT2D eigenvalue weighted by Crippen LogP contribution is 2.37. The average Bonchev–Trinajstić information content (AvgIpc) is 3.39. The number of rotatable bonds is 4. The van der Waals surface area contributed by atoms with Gasteiger partial charge in [0.2, 0.25) is 5.82 Å². The standard InChI is InChI=1S/C21H14F3N5OS/c1-11-5-18(31-28-11)13-8-16(22)19-26-27-20(29(19)10-13)21(23,24)14-3-4-17-12(6-14)7-15(30-2)9-25-17/h3-10H,1-2H3. The van der Waals surface area contributed by atoms with Gasteiger partial charge in [-0.15, -0.1) is 10.2 Å². The number of aryl methyl sites for hydroxylation is 1. The third-order valence-electron chi connectivity index (χ3n) is 4.91. The van der Waals surface area contributed by atoms with Gasteiger partial charge in [0.05, 0.1) is 29.4 Å². The van der Waals surface area contributed by atoms with Crippen LogP contribution in [0.4, 0.5) is 13.2 Å². The first-order chi connectivity index (χ1) is 14.9. The van der Waals surface area contributed by atoms with Crippen LogP contribution in [0, 0.1) is 12.7 Å². The zero-order valence-electron chi connectivity index (χ0n) is 16.3. The molecule has 10 heteroatoms. The Morgan fingerprint density at radius 3 is 2.68 bits per heavy atom. The summed E-state index contributed by atoms with van der Waals surface area (Å²) in [7, 11) is 1.47. The number of benzene rings is 1. The summed E-state index contributed by atoms with van der Waals surface area (Å²) in [4.78, 5) is 4.85. The van der Waals surface area contributed by atoms with E-state index in [1.54, 1.807) is 19.1 Å². The molecule has 0 saturated carbocycles. The fourth-order valence-electron chi connectivity index (χ4n) is 3.35. The average molecular weight is 441 g/mol. The van der Waals surface area contributed by atoms with Gasteiger partial charge in [0.1, 0.15) is 5.75 Å². The second kappa shape index (κ2) is 7.02. The molecule has 31 heavy (non-hydrogen) atoms. The number of fused-ring (bicyclic) bond motifs is 2. The van der Waals surface area contributed by atoms with Crippen LogP contribution in [0.15, 0.2) is 48.8 Å². The second-order valence-corrected chi connectivity index (χ2v) is 7.79. The summed E-state index contributed by atoms with van der Waals surface area (Å²) in [6.07, 6.45) is 2.91. The Hall–Kier alpha value is -3.53. The van der Waals surface area contributed by atoms with Gasteiger partial charge in [-0.05, 0) is 48.8 Å². The van der Waals surface area contributed by atoms with E-state index in [1.807, 2.05) is 0 Å². The van der Waals surface area contributed by atoms with Crippen LogP contribution in [-0.4, -0.2) is 31.1 Å². The molecular formula is C21H14F3N5OS. The number of methoxy groups -OCH3 is 1. The summed E-state index contributed by atoms with van der Waals surface area (Å²) >= 11 is 1.16. The maximum Gasteiger partial charge on any atom is 0.332 e. The first-order valence-corrected chi connectivity index (χ1v) is 9.94. The van der Waals surface area contributed by atoms with Crippen molar-refractivity contribution in [3.8, 4) is 16.2 Å². The highest BCUT2D eigenvalue weighted by atomic mass is 32.1. The molecule has 4 heterocycles. The van der Waals surface area contributed by atoms with Crippen molar-refractivity contribution in [3.63, 3.8) is 0 Å². The van der Waals surface area contributed by atoms with E-state index in [0.717, 1.165) is 21.6 Å². The van der Waals surface area contributed by atoms with Gasteiger partial charge in [0, 0.05) is 22.7 Å². The van der Waals surface area contributed by atoms with Crippen molar-refractivity contribution in [2.24, 2.45) is 0 Å². The Morgan fingerprint density at radius 1 is 1.10 bits per heavy atom. The molecule has 0 unspecified atom stereocenters. The molecule has 0 aliphatic heterocycles. The lowest BCUT2D eigenvalue weighted by Crippen LogP contribution is -2.19. The predicted octanol–water partition coefficient (Wildman–Crippen LogP) is 5.00.